The van der Waals surface area contributed by atoms with E-state index in [1.807, 2.05) is 6.92 Å². The Kier molecular flexibility index (Phi) is 4.25. The van der Waals surface area contributed by atoms with E-state index >= 15 is 0 Å². The number of halogens is 5. The second-order valence-electron chi connectivity index (χ2n) is 4.16. The number of hydrogen-bond acceptors (Lipinski definition) is 2. The molecule has 1 aromatic carbocycles. The van der Waals surface area contributed by atoms with Gasteiger partial charge in [0.1, 0.15) is 5.69 Å². The highest BCUT2D eigenvalue weighted by Crippen LogP contribution is 2.33. The van der Waals surface area contributed by atoms with Gasteiger partial charge in [0.25, 0.3) is 0 Å². The summed E-state index contributed by atoms with van der Waals surface area (Å²) in [5.41, 5.74) is -0.152. The number of benzene rings is 1. The molecule has 0 radical (unpaired) electrons. The van der Waals surface area contributed by atoms with Crippen molar-refractivity contribution in [2.24, 2.45) is 0 Å². The van der Waals surface area contributed by atoms with Crippen LogP contribution in [0.1, 0.15) is 30.0 Å². The number of aromatic nitrogens is 3. The molecule has 0 bridgehead atoms. The molecule has 20 heavy (non-hydrogen) atoms. The van der Waals surface area contributed by atoms with Crippen molar-refractivity contribution in [3.05, 3.63) is 40.7 Å². The third kappa shape index (κ3) is 3.24. The number of alkyl halides is 4. The molecule has 1 heterocycles. The molecular weight excluding hydrogens is 314 g/mol. The molecule has 1 unspecified atom stereocenters. The predicted octanol–water partition coefficient (Wildman–Crippen LogP) is 4.63. The van der Waals surface area contributed by atoms with Gasteiger partial charge < -0.3 is 0 Å². The smallest absolute Gasteiger partial charge is 0.220 e. The first-order valence-electron chi connectivity index (χ1n) is 5.75. The van der Waals surface area contributed by atoms with Gasteiger partial charge in [0, 0.05) is 5.02 Å². The van der Waals surface area contributed by atoms with Crippen molar-refractivity contribution in [3.8, 4) is 5.69 Å². The minimum Gasteiger partial charge on any atom is -0.220 e. The van der Waals surface area contributed by atoms with E-state index in [1.54, 1.807) is 0 Å². The lowest BCUT2D eigenvalue weighted by Gasteiger charge is -2.09. The Balaban J connectivity index is 2.42. The van der Waals surface area contributed by atoms with E-state index in [9.17, 15) is 13.2 Å². The normalized spacial score (nSPS) is 13.5. The van der Waals surface area contributed by atoms with Crippen LogP contribution in [-0.4, -0.2) is 15.0 Å². The molecule has 2 aromatic rings. The Bertz CT molecular complexity index is 610. The highest BCUT2D eigenvalue weighted by atomic mass is 35.5. The quantitative estimate of drug-likeness (QED) is 0.771. The van der Waals surface area contributed by atoms with Crippen molar-refractivity contribution >= 4 is 23.2 Å². The number of hydrogen-bond donors (Lipinski definition) is 0. The fraction of sp³-hybridized carbons (Fsp3) is 0.333. The summed E-state index contributed by atoms with van der Waals surface area (Å²) in [6.45, 7) is 1.87. The average molecular weight is 324 g/mol. The molecule has 0 aliphatic heterocycles. The van der Waals surface area contributed by atoms with Gasteiger partial charge in [-0.25, -0.2) is 4.68 Å². The molecule has 8 heteroatoms. The summed E-state index contributed by atoms with van der Waals surface area (Å²) in [4.78, 5) is 0. The van der Waals surface area contributed by atoms with Gasteiger partial charge in [0.05, 0.1) is 22.8 Å². The summed E-state index contributed by atoms with van der Waals surface area (Å²) in [6.07, 6.45) is -2.34. The first kappa shape index (κ1) is 15.1. The van der Waals surface area contributed by atoms with Gasteiger partial charge in [-0.3, -0.25) is 0 Å². The first-order chi connectivity index (χ1) is 9.31. The molecule has 0 amide bonds. The van der Waals surface area contributed by atoms with Crippen molar-refractivity contribution in [2.75, 3.05) is 0 Å². The van der Waals surface area contributed by atoms with Crippen LogP contribution in [0.2, 0.25) is 5.02 Å². The Labute approximate surface area is 123 Å². The zero-order valence-electron chi connectivity index (χ0n) is 10.3. The predicted molar refractivity (Wildman–Crippen MR) is 70.3 cm³/mol. The van der Waals surface area contributed by atoms with Crippen LogP contribution in [0, 0.1) is 0 Å². The number of rotatable bonds is 3. The summed E-state index contributed by atoms with van der Waals surface area (Å²) in [5, 5.41) is 7.27. The van der Waals surface area contributed by atoms with Crippen LogP contribution in [0.4, 0.5) is 13.2 Å². The van der Waals surface area contributed by atoms with Crippen molar-refractivity contribution in [1.82, 2.24) is 15.0 Å². The van der Waals surface area contributed by atoms with Crippen molar-refractivity contribution in [2.45, 2.75) is 24.9 Å². The maximum absolute atomic E-state index is 12.7. The van der Waals surface area contributed by atoms with Crippen molar-refractivity contribution in [1.29, 1.82) is 0 Å². The summed E-state index contributed by atoms with van der Waals surface area (Å²) in [6, 6.07) is 3.20. The van der Waals surface area contributed by atoms with Crippen LogP contribution in [-0.2, 0) is 6.18 Å². The topological polar surface area (TPSA) is 30.7 Å². The van der Waals surface area contributed by atoms with E-state index in [4.69, 9.17) is 23.2 Å². The summed E-state index contributed by atoms with van der Waals surface area (Å²) >= 11 is 11.7. The molecule has 0 spiro atoms. The van der Waals surface area contributed by atoms with E-state index < -0.39 is 11.7 Å². The maximum atomic E-state index is 12.7. The van der Waals surface area contributed by atoms with Gasteiger partial charge in [-0.05, 0) is 24.6 Å². The van der Waals surface area contributed by atoms with E-state index in [1.165, 1.54) is 16.9 Å². The van der Waals surface area contributed by atoms with Crippen molar-refractivity contribution in [3.63, 3.8) is 0 Å². The molecule has 1 aromatic heterocycles. The van der Waals surface area contributed by atoms with E-state index in [0.717, 1.165) is 12.1 Å². The van der Waals surface area contributed by atoms with Gasteiger partial charge in [-0.2, -0.15) is 13.2 Å². The van der Waals surface area contributed by atoms with Gasteiger partial charge in [0.2, 0.25) is 0 Å². The van der Waals surface area contributed by atoms with Crippen LogP contribution >= 0.6 is 23.2 Å². The molecule has 0 fully saturated rings. The zero-order chi connectivity index (χ0) is 14.9. The second kappa shape index (κ2) is 5.61. The standard InChI is InChI=1S/C12H10Cl2F3N3/c1-2-10(14)11-6-20(19-18-11)9-4-7(12(15,16)17)3-8(13)5-9/h3-6,10H,2H2,1H3. The van der Waals surface area contributed by atoms with E-state index in [-0.39, 0.29) is 16.1 Å². The zero-order valence-corrected chi connectivity index (χ0v) is 11.8. The van der Waals surface area contributed by atoms with Crippen LogP contribution in [0.5, 0.6) is 0 Å². The number of nitrogens with zero attached hydrogens (tertiary/aromatic N) is 3. The Morgan fingerprint density at radius 2 is 2.00 bits per heavy atom. The first-order valence-corrected chi connectivity index (χ1v) is 6.57. The van der Waals surface area contributed by atoms with Crippen LogP contribution in [0.15, 0.2) is 24.4 Å². The van der Waals surface area contributed by atoms with Gasteiger partial charge in [-0.15, -0.1) is 16.7 Å². The lowest BCUT2D eigenvalue weighted by Crippen LogP contribution is -2.06. The van der Waals surface area contributed by atoms with Gasteiger partial charge >= 0.3 is 6.18 Å². The fourth-order valence-corrected chi connectivity index (χ4v) is 1.95. The minimum atomic E-state index is -4.47. The van der Waals surface area contributed by atoms with Crippen LogP contribution < -0.4 is 0 Å². The van der Waals surface area contributed by atoms with Crippen molar-refractivity contribution < 1.29 is 13.2 Å². The SMILES string of the molecule is CCC(Cl)c1cn(-c2cc(Cl)cc(C(F)(F)F)c2)nn1. The second-order valence-corrected chi connectivity index (χ2v) is 5.12. The molecule has 1 atom stereocenters. The third-order valence-electron chi connectivity index (χ3n) is 2.66. The molecule has 108 valence electrons. The Morgan fingerprint density at radius 1 is 1.30 bits per heavy atom. The van der Waals surface area contributed by atoms with E-state index in [2.05, 4.69) is 10.3 Å². The Hall–Kier alpha value is -1.27. The summed E-state index contributed by atoms with van der Waals surface area (Å²) < 4.78 is 39.4. The fourth-order valence-electron chi connectivity index (χ4n) is 1.63. The molecule has 0 aliphatic carbocycles. The molecule has 0 saturated carbocycles. The average Bonchev–Trinajstić information content (AvgIpc) is 2.85. The third-order valence-corrected chi connectivity index (χ3v) is 3.42. The lowest BCUT2D eigenvalue weighted by atomic mass is 10.2. The molecule has 0 N–H and O–H groups in total. The van der Waals surface area contributed by atoms with Crippen LogP contribution in [0.3, 0.4) is 0 Å². The summed E-state index contributed by atoms with van der Waals surface area (Å²) in [7, 11) is 0. The molecule has 3 nitrogen and oxygen atoms in total. The molecular formula is C12H10Cl2F3N3. The molecule has 2 rings (SSSR count). The maximum Gasteiger partial charge on any atom is 0.416 e. The minimum absolute atomic E-state index is 0.0233. The Morgan fingerprint density at radius 3 is 2.60 bits per heavy atom. The van der Waals surface area contributed by atoms with Gasteiger partial charge in [0.15, 0.2) is 0 Å². The molecule has 0 aliphatic rings. The van der Waals surface area contributed by atoms with Gasteiger partial charge in [-0.1, -0.05) is 23.7 Å². The van der Waals surface area contributed by atoms with E-state index in [0.29, 0.717) is 12.1 Å². The monoisotopic (exact) mass is 323 g/mol. The highest BCUT2D eigenvalue weighted by molar-refractivity contribution is 6.30. The molecule has 0 saturated heterocycles. The lowest BCUT2D eigenvalue weighted by molar-refractivity contribution is -0.137. The largest absolute Gasteiger partial charge is 0.416 e. The summed E-state index contributed by atoms with van der Waals surface area (Å²) in [5.74, 6) is 0. The highest BCUT2D eigenvalue weighted by Gasteiger charge is 2.31. The van der Waals surface area contributed by atoms with Crippen LogP contribution in [0.25, 0.3) is 5.69 Å².